The van der Waals surface area contributed by atoms with Crippen LogP contribution < -0.4 is 15.8 Å². The van der Waals surface area contributed by atoms with Crippen molar-refractivity contribution in [2.24, 2.45) is 11.7 Å². The fourth-order valence-corrected chi connectivity index (χ4v) is 2.87. The van der Waals surface area contributed by atoms with E-state index in [1.165, 1.54) is 6.42 Å². The standard InChI is InChI=1S/C16H25N3O2/c1-21-15-6-2-5-14(10-15)18-16(20)12-19-9-3-4-13(11-19)7-8-17/h2,5-6,10,13H,3-4,7-9,11-12,17H2,1H3,(H,18,20). The van der Waals surface area contributed by atoms with E-state index in [0.29, 0.717) is 12.5 Å². The summed E-state index contributed by atoms with van der Waals surface area (Å²) in [5, 5.41) is 2.93. The molecule has 0 spiro atoms. The van der Waals surface area contributed by atoms with Crippen LogP contribution in [0.5, 0.6) is 5.75 Å². The molecule has 1 amide bonds. The van der Waals surface area contributed by atoms with E-state index in [0.717, 1.165) is 43.9 Å². The second kappa shape index (κ2) is 8.00. The molecule has 1 aliphatic heterocycles. The number of benzene rings is 1. The highest BCUT2D eigenvalue weighted by atomic mass is 16.5. The number of carbonyl (C=O) groups excluding carboxylic acids is 1. The first kappa shape index (κ1) is 15.8. The molecular formula is C16H25N3O2. The Morgan fingerprint density at radius 2 is 2.38 bits per heavy atom. The minimum Gasteiger partial charge on any atom is -0.497 e. The molecule has 2 rings (SSSR count). The lowest BCUT2D eigenvalue weighted by Gasteiger charge is -2.32. The third kappa shape index (κ3) is 5.02. The number of methoxy groups -OCH3 is 1. The Bertz CT molecular complexity index is 463. The average Bonchev–Trinajstić information content (AvgIpc) is 2.48. The summed E-state index contributed by atoms with van der Waals surface area (Å²) in [6.45, 7) is 3.14. The molecule has 1 heterocycles. The van der Waals surface area contributed by atoms with Gasteiger partial charge in [-0.25, -0.2) is 0 Å². The van der Waals surface area contributed by atoms with Gasteiger partial charge in [0, 0.05) is 18.3 Å². The first-order valence-corrected chi connectivity index (χ1v) is 7.57. The number of ether oxygens (including phenoxy) is 1. The molecule has 0 aromatic heterocycles. The van der Waals surface area contributed by atoms with Crippen LogP contribution in [0.3, 0.4) is 0 Å². The third-order valence-electron chi connectivity index (χ3n) is 3.90. The van der Waals surface area contributed by atoms with Crippen molar-refractivity contribution in [1.29, 1.82) is 0 Å². The summed E-state index contributed by atoms with van der Waals surface area (Å²) in [5.74, 6) is 1.40. The minimum atomic E-state index is 0.0247. The number of anilines is 1. The zero-order valence-corrected chi connectivity index (χ0v) is 12.7. The maximum Gasteiger partial charge on any atom is 0.238 e. The molecule has 116 valence electrons. The van der Waals surface area contributed by atoms with Crippen LogP contribution in [0.15, 0.2) is 24.3 Å². The molecule has 0 bridgehead atoms. The normalized spacial score (nSPS) is 19.2. The summed E-state index contributed by atoms with van der Waals surface area (Å²) in [4.78, 5) is 14.3. The lowest BCUT2D eigenvalue weighted by Crippen LogP contribution is -2.40. The molecule has 3 N–H and O–H groups in total. The number of carbonyl (C=O) groups is 1. The molecule has 1 unspecified atom stereocenters. The van der Waals surface area contributed by atoms with Crippen molar-refractivity contribution in [3.05, 3.63) is 24.3 Å². The van der Waals surface area contributed by atoms with Crippen LogP contribution in [0.2, 0.25) is 0 Å². The van der Waals surface area contributed by atoms with Gasteiger partial charge in [0.15, 0.2) is 0 Å². The molecule has 0 radical (unpaired) electrons. The van der Waals surface area contributed by atoms with E-state index in [2.05, 4.69) is 10.2 Å². The van der Waals surface area contributed by atoms with Crippen molar-refractivity contribution >= 4 is 11.6 Å². The summed E-state index contributed by atoms with van der Waals surface area (Å²) in [6.07, 6.45) is 3.43. The molecule has 1 aliphatic rings. The van der Waals surface area contributed by atoms with Crippen molar-refractivity contribution in [1.82, 2.24) is 4.90 Å². The first-order valence-electron chi connectivity index (χ1n) is 7.57. The largest absolute Gasteiger partial charge is 0.497 e. The molecule has 5 nitrogen and oxygen atoms in total. The highest BCUT2D eigenvalue weighted by Crippen LogP contribution is 2.19. The predicted octanol–water partition coefficient (Wildman–Crippen LogP) is 1.69. The molecule has 0 aliphatic carbocycles. The van der Waals surface area contributed by atoms with Crippen LogP contribution in [-0.4, -0.2) is 44.1 Å². The molecule has 0 saturated carbocycles. The molecule has 1 fully saturated rings. The number of amides is 1. The number of likely N-dealkylation sites (tertiary alicyclic amines) is 1. The van der Waals surface area contributed by atoms with Gasteiger partial charge >= 0.3 is 0 Å². The summed E-state index contributed by atoms with van der Waals surface area (Å²) in [5.41, 5.74) is 6.40. The lowest BCUT2D eigenvalue weighted by molar-refractivity contribution is -0.117. The zero-order valence-electron chi connectivity index (χ0n) is 12.7. The molecular weight excluding hydrogens is 266 g/mol. The van der Waals surface area contributed by atoms with Crippen LogP contribution in [0, 0.1) is 5.92 Å². The van der Waals surface area contributed by atoms with Crippen LogP contribution in [0.4, 0.5) is 5.69 Å². The number of nitrogens with one attached hydrogen (secondary N) is 1. The Morgan fingerprint density at radius 1 is 1.52 bits per heavy atom. The van der Waals surface area contributed by atoms with Gasteiger partial charge in [0.1, 0.15) is 5.75 Å². The Labute approximate surface area is 126 Å². The van der Waals surface area contributed by atoms with E-state index in [1.807, 2.05) is 24.3 Å². The highest BCUT2D eigenvalue weighted by Gasteiger charge is 2.21. The molecule has 1 atom stereocenters. The Kier molecular flexibility index (Phi) is 6.02. The average molecular weight is 291 g/mol. The topological polar surface area (TPSA) is 67.6 Å². The minimum absolute atomic E-state index is 0.0247. The van der Waals surface area contributed by atoms with Gasteiger partial charge < -0.3 is 15.8 Å². The second-order valence-corrected chi connectivity index (χ2v) is 5.60. The third-order valence-corrected chi connectivity index (χ3v) is 3.90. The number of nitrogens with zero attached hydrogens (tertiary/aromatic N) is 1. The van der Waals surface area contributed by atoms with Crippen LogP contribution in [-0.2, 0) is 4.79 Å². The van der Waals surface area contributed by atoms with E-state index < -0.39 is 0 Å². The van der Waals surface area contributed by atoms with Gasteiger partial charge in [0.25, 0.3) is 0 Å². The monoisotopic (exact) mass is 291 g/mol. The molecule has 1 saturated heterocycles. The fourth-order valence-electron chi connectivity index (χ4n) is 2.87. The number of rotatable bonds is 6. The van der Waals surface area contributed by atoms with Gasteiger partial charge in [-0.2, -0.15) is 0 Å². The molecule has 1 aromatic rings. The van der Waals surface area contributed by atoms with E-state index in [-0.39, 0.29) is 5.91 Å². The van der Waals surface area contributed by atoms with Gasteiger partial charge in [-0.1, -0.05) is 6.07 Å². The van der Waals surface area contributed by atoms with Crippen LogP contribution in [0.1, 0.15) is 19.3 Å². The van der Waals surface area contributed by atoms with Crippen molar-refractivity contribution in [3.8, 4) is 5.75 Å². The highest BCUT2D eigenvalue weighted by molar-refractivity contribution is 5.92. The zero-order chi connectivity index (χ0) is 15.1. The molecule has 5 heteroatoms. The SMILES string of the molecule is COc1cccc(NC(=O)CN2CCCC(CCN)C2)c1. The number of hydrogen-bond acceptors (Lipinski definition) is 4. The smallest absolute Gasteiger partial charge is 0.238 e. The van der Waals surface area contributed by atoms with E-state index >= 15 is 0 Å². The van der Waals surface area contributed by atoms with Crippen molar-refractivity contribution in [2.45, 2.75) is 19.3 Å². The van der Waals surface area contributed by atoms with E-state index in [4.69, 9.17) is 10.5 Å². The van der Waals surface area contributed by atoms with Crippen molar-refractivity contribution < 1.29 is 9.53 Å². The van der Waals surface area contributed by atoms with Gasteiger partial charge in [0.2, 0.25) is 5.91 Å². The van der Waals surface area contributed by atoms with Crippen LogP contribution >= 0.6 is 0 Å². The fraction of sp³-hybridized carbons (Fsp3) is 0.562. The number of piperidine rings is 1. The summed E-state index contributed by atoms with van der Waals surface area (Å²) in [7, 11) is 1.62. The predicted molar refractivity (Wildman–Crippen MR) is 84.5 cm³/mol. The summed E-state index contributed by atoms with van der Waals surface area (Å²) in [6, 6.07) is 7.42. The Morgan fingerprint density at radius 3 is 3.14 bits per heavy atom. The van der Waals surface area contributed by atoms with E-state index in [1.54, 1.807) is 7.11 Å². The second-order valence-electron chi connectivity index (χ2n) is 5.60. The Balaban J connectivity index is 1.83. The van der Waals surface area contributed by atoms with Crippen molar-refractivity contribution in [2.75, 3.05) is 38.6 Å². The lowest BCUT2D eigenvalue weighted by atomic mass is 9.95. The maximum atomic E-state index is 12.1. The van der Waals surface area contributed by atoms with Crippen molar-refractivity contribution in [3.63, 3.8) is 0 Å². The van der Waals surface area contributed by atoms with Gasteiger partial charge in [-0.15, -0.1) is 0 Å². The number of hydrogen-bond donors (Lipinski definition) is 2. The van der Waals surface area contributed by atoms with E-state index in [9.17, 15) is 4.79 Å². The molecule has 21 heavy (non-hydrogen) atoms. The maximum absolute atomic E-state index is 12.1. The van der Waals surface area contributed by atoms with Gasteiger partial charge in [-0.3, -0.25) is 9.69 Å². The van der Waals surface area contributed by atoms with Gasteiger partial charge in [0.05, 0.1) is 13.7 Å². The quantitative estimate of drug-likeness (QED) is 0.837. The van der Waals surface area contributed by atoms with Crippen LogP contribution in [0.25, 0.3) is 0 Å². The first-order chi connectivity index (χ1) is 10.2. The Hall–Kier alpha value is -1.59. The number of nitrogens with two attached hydrogens (primary N) is 1. The summed E-state index contributed by atoms with van der Waals surface area (Å²) < 4.78 is 5.15. The van der Waals surface area contributed by atoms with Gasteiger partial charge in [-0.05, 0) is 50.4 Å². The summed E-state index contributed by atoms with van der Waals surface area (Å²) >= 11 is 0. The molecule has 1 aromatic carbocycles.